The number of rotatable bonds is 2. The Kier molecular flexibility index (Phi) is 5.84. The van der Waals surface area contributed by atoms with E-state index in [1.165, 1.54) is 11.1 Å². The Hall–Kier alpha value is -2.02. The first kappa shape index (κ1) is 21.2. The summed E-state index contributed by atoms with van der Waals surface area (Å²) < 4.78 is 2.07. The van der Waals surface area contributed by atoms with Gasteiger partial charge < -0.3 is 5.32 Å². The van der Waals surface area contributed by atoms with Crippen molar-refractivity contribution in [2.75, 3.05) is 0 Å². The van der Waals surface area contributed by atoms with Crippen molar-refractivity contribution in [1.29, 1.82) is 0 Å². The molecule has 2 aromatic heterocycles. The molecule has 0 spiro atoms. The largest absolute Gasteiger partial charge is 0.306 e. The molecule has 0 radical (unpaired) electrons. The summed E-state index contributed by atoms with van der Waals surface area (Å²) in [5, 5.41) is 11.7. The Bertz CT molecular complexity index is 1060. The summed E-state index contributed by atoms with van der Waals surface area (Å²) in [6.07, 6.45) is 7.59. The molecule has 0 amide bonds. The van der Waals surface area contributed by atoms with E-state index in [0.29, 0.717) is 12.5 Å². The summed E-state index contributed by atoms with van der Waals surface area (Å²) in [7, 11) is 0. The van der Waals surface area contributed by atoms with Crippen LogP contribution in [0.4, 0.5) is 0 Å². The quantitative estimate of drug-likeness (QED) is 0.589. The number of nitrogens with zero attached hydrogens (tertiary/aromatic N) is 5. The Morgan fingerprint density at radius 1 is 1.17 bits per heavy atom. The van der Waals surface area contributed by atoms with E-state index in [1.807, 2.05) is 13.1 Å². The molecule has 6 nitrogen and oxygen atoms in total. The minimum absolute atomic E-state index is 0. The maximum atomic E-state index is 7.20. The van der Waals surface area contributed by atoms with Gasteiger partial charge in [-0.05, 0) is 56.7 Å². The Morgan fingerprint density at radius 3 is 2.77 bits per heavy atom. The Balaban J connectivity index is 0.00000218. The van der Waals surface area contributed by atoms with Crippen LogP contribution in [0.5, 0.6) is 0 Å². The van der Waals surface area contributed by atoms with Crippen LogP contribution in [-0.4, -0.2) is 24.7 Å². The highest BCUT2D eigenvalue weighted by molar-refractivity contribution is 6.24. The van der Waals surface area contributed by atoms with Crippen molar-refractivity contribution in [3.8, 4) is 5.69 Å². The lowest BCUT2D eigenvalue weighted by Gasteiger charge is -2.36. The molecule has 1 fully saturated rings. The van der Waals surface area contributed by atoms with Gasteiger partial charge in [-0.2, -0.15) is 0 Å². The fourth-order valence-corrected chi connectivity index (χ4v) is 5.05. The van der Waals surface area contributed by atoms with Crippen LogP contribution >= 0.6 is 24.0 Å². The van der Waals surface area contributed by atoms with Gasteiger partial charge >= 0.3 is 0 Å². The second-order valence-electron chi connectivity index (χ2n) is 8.29. The number of aromatic nitrogens is 5. The molecule has 0 bridgehead atoms. The zero-order chi connectivity index (χ0) is 20.0. The van der Waals surface area contributed by atoms with Crippen LogP contribution in [0.15, 0.2) is 30.7 Å². The van der Waals surface area contributed by atoms with Crippen LogP contribution in [-0.2, 0) is 18.0 Å². The second-order valence-corrected chi connectivity index (χ2v) is 9.01. The van der Waals surface area contributed by atoms with Crippen molar-refractivity contribution < 1.29 is 0 Å². The lowest BCUT2D eigenvalue weighted by atomic mass is 9.76. The molecule has 3 aromatic rings. The highest BCUT2D eigenvalue weighted by Gasteiger charge is 2.37. The third-order valence-corrected chi connectivity index (χ3v) is 6.95. The van der Waals surface area contributed by atoms with Gasteiger partial charge in [0.2, 0.25) is 0 Å². The smallest absolute Gasteiger partial charge is 0.151 e. The lowest BCUT2D eigenvalue weighted by Crippen LogP contribution is -2.27. The molecule has 5 rings (SSSR count). The predicted molar refractivity (Wildman–Crippen MR) is 119 cm³/mol. The topological polar surface area (TPSA) is 68.5 Å². The maximum absolute atomic E-state index is 7.20. The molecule has 1 aliphatic carbocycles. The van der Waals surface area contributed by atoms with Crippen molar-refractivity contribution in [2.45, 2.75) is 63.4 Å². The molecule has 0 saturated heterocycles. The third-order valence-electron chi connectivity index (χ3n) is 6.35. The molecule has 0 atom stereocenters. The highest BCUT2D eigenvalue weighted by atomic mass is 35.5. The van der Waals surface area contributed by atoms with Gasteiger partial charge in [-0.25, -0.2) is 0 Å². The van der Waals surface area contributed by atoms with Gasteiger partial charge in [0.15, 0.2) is 5.82 Å². The fraction of sp³-hybridized carbons (Fsp3) is 0.455. The lowest BCUT2D eigenvalue weighted by molar-refractivity contribution is 0.353. The molecular formula is C22H26Cl2N6. The minimum atomic E-state index is -0.320. The first-order valence-corrected chi connectivity index (χ1v) is 10.6. The van der Waals surface area contributed by atoms with E-state index >= 15 is 0 Å². The number of alkyl halides is 1. The van der Waals surface area contributed by atoms with Gasteiger partial charge in [0, 0.05) is 18.7 Å². The van der Waals surface area contributed by atoms with E-state index in [9.17, 15) is 0 Å². The van der Waals surface area contributed by atoms with Gasteiger partial charge in [0.25, 0.3) is 0 Å². The fourth-order valence-electron chi connectivity index (χ4n) is 4.71. The van der Waals surface area contributed by atoms with Crippen molar-refractivity contribution in [3.05, 3.63) is 64.8 Å². The van der Waals surface area contributed by atoms with Gasteiger partial charge in [-0.15, -0.1) is 34.2 Å². The Labute approximate surface area is 187 Å². The monoisotopic (exact) mass is 444 g/mol. The SMILES string of the molecule is Cc1cnc(C)c(C2CCC(Cl)(c3ccc4c(c3)CNCc3nncn3-4)CC2)n1.Cl. The minimum Gasteiger partial charge on any atom is -0.306 e. The highest BCUT2D eigenvalue weighted by Crippen LogP contribution is 2.48. The summed E-state index contributed by atoms with van der Waals surface area (Å²) in [4.78, 5) is 8.96. The first-order chi connectivity index (χ1) is 14.0. The molecule has 1 aromatic carbocycles. The zero-order valence-electron chi connectivity index (χ0n) is 17.2. The van der Waals surface area contributed by atoms with Crippen LogP contribution in [0.3, 0.4) is 0 Å². The second kappa shape index (κ2) is 8.25. The number of halogens is 2. The molecule has 8 heteroatoms. The third kappa shape index (κ3) is 3.72. The first-order valence-electron chi connectivity index (χ1n) is 10.3. The molecule has 158 valence electrons. The summed E-state index contributed by atoms with van der Waals surface area (Å²) in [5.74, 6) is 1.38. The number of fused-ring (bicyclic) bond motifs is 3. The standard InChI is InChI=1S/C22H25ClN6.ClH/c1-14-10-25-15(2)21(27-14)16-5-7-22(23,8-6-16)18-3-4-19-17(9-18)11-24-12-20-28-26-13-29(19)20;/h3-4,9-10,13,16,24H,5-8,11-12H2,1-2H3;1H. The van der Waals surface area contributed by atoms with E-state index in [0.717, 1.165) is 60.8 Å². The summed E-state index contributed by atoms with van der Waals surface area (Å²) in [5.41, 5.74) is 6.77. The summed E-state index contributed by atoms with van der Waals surface area (Å²) in [6, 6.07) is 6.61. The zero-order valence-corrected chi connectivity index (χ0v) is 18.8. The van der Waals surface area contributed by atoms with Crippen LogP contribution < -0.4 is 5.32 Å². The normalized spacial score (nSPS) is 23.1. The van der Waals surface area contributed by atoms with Crippen LogP contribution in [0.25, 0.3) is 5.69 Å². The average molecular weight is 445 g/mol. The Morgan fingerprint density at radius 2 is 1.97 bits per heavy atom. The number of aryl methyl sites for hydroxylation is 2. The van der Waals surface area contributed by atoms with Crippen molar-refractivity contribution in [2.24, 2.45) is 0 Å². The molecule has 0 unspecified atom stereocenters. The van der Waals surface area contributed by atoms with Crippen molar-refractivity contribution >= 4 is 24.0 Å². The number of hydrogen-bond donors (Lipinski definition) is 1. The predicted octanol–water partition coefficient (Wildman–Crippen LogP) is 4.49. The number of nitrogens with one attached hydrogen (secondary N) is 1. The van der Waals surface area contributed by atoms with E-state index in [2.05, 4.69) is 50.2 Å². The molecule has 1 saturated carbocycles. The van der Waals surface area contributed by atoms with Crippen molar-refractivity contribution in [3.63, 3.8) is 0 Å². The van der Waals surface area contributed by atoms with Gasteiger partial charge in [0.05, 0.1) is 34.2 Å². The van der Waals surface area contributed by atoms with Crippen molar-refractivity contribution in [1.82, 2.24) is 30.0 Å². The molecule has 1 aliphatic heterocycles. The average Bonchev–Trinajstić information content (AvgIpc) is 3.12. The van der Waals surface area contributed by atoms with Crippen LogP contribution in [0, 0.1) is 13.8 Å². The maximum Gasteiger partial charge on any atom is 0.151 e. The van der Waals surface area contributed by atoms with E-state index < -0.39 is 0 Å². The van der Waals surface area contributed by atoms with Gasteiger partial charge in [-0.3, -0.25) is 14.5 Å². The van der Waals surface area contributed by atoms with E-state index in [-0.39, 0.29) is 17.3 Å². The van der Waals surface area contributed by atoms with E-state index in [4.69, 9.17) is 16.6 Å². The molecule has 2 aliphatic rings. The molecule has 1 N–H and O–H groups in total. The molecule has 30 heavy (non-hydrogen) atoms. The summed E-state index contributed by atoms with van der Waals surface area (Å²) in [6.45, 7) is 5.59. The number of hydrogen-bond acceptors (Lipinski definition) is 5. The van der Waals surface area contributed by atoms with Gasteiger partial charge in [0.1, 0.15) is 6.33 Å². The van der Waals surface area contributed by atoms with Crippen LogP contribution in [0.2, 0.25) is 0 Å². The molecular weight excluding hydrogens is 419 g/mol. The molecule has 3 heterocycles. The van der Waals surface area contributed by atoms with Gasteiger partial charge in [-0.1, -0.05) is 12.1 Å². The van der Waals surface area contributed by atoms with Crippen LogP contribution in [0.1, 0.15) is 65.6 Å². The van der Waals surface area contributed by atoms with E-state index in [1.54, 1.807) is 6.33 Å². The summed E-state index contributed by atoms with van der Waals surface area (Å²) >= 11 is 7.20. The number of benzene rings is 1.